The summed E-state index contributed by atoms with van der Waals surface area (Å²) >= 11 is 0. The summed E-state index contributed by atoms with van der Waals surface area (Å²) in [5.74, 6) is 2.31. The largest absolute Gasteiger partial charge is 0.466 e. The van der Waals surface area contributed by atoms with Gasteiger partial charge in [0.1, 0.15) is 0 Å². The van der Waals surface area contributed by atoms with Gasteiger partial charge in [0.15, 0.2) is 0 Å². The monoisotopic (exact) mass is 736 g/mol. The van der Waals surface area contributed by atoms with Crippen molar-refractivity contribution in [3.63, 3.8) is 0 Å². The Morgan fingerprint density at radius 3 is 1.04 bits per heavy atom. The van der Waals surface area contributed by atoms with Crippen molar-refractivity contribution in [2.75, 3.05) is 33.4 Å². The minimum atomic E-state index is 0.0148. The zero-order valence-electron chi connectivity index (χ0n) is 36.3. The van der Waals surface area contributed by atoms with Gasteiger partial charge in [0, 0.05) is 19.4 Å². The highest BCUT2D eigenvalue weighted by atomic mass is 16.5. The second kappa shape index (κ2) is 39.6. The van der Waals surface area contributed by atoms with Crippen LogP contribution in [0.5, 0.6) is 0 Å². The predicted octanol–water partition coefficient (Wildman–Crippen LogP) is 14.4. The third-order valence-electron chi connectivity index (χ3n) is 11.5. The fraction of sp³-hybridized carbons (Fsp3) is 0.957. The van der Waals surface area contributed by atoms with E-state index in [0.717, 1.165) is 62.8 Å². The van der Waals surface area contributed by atoms with Crippen molar-refractivity contribution in [2.24, 2.45) is 17.8 Å². The first kappa shape index (κ1) is 50.9. The second-order valence-corrected chi connectivity index (χ2v) is 16.6. The third kappa shape index (κ3) is 34.7. The number of carbonyl (C=O) groups excluding carboxylic acids is 2. The van der Waals surface area contributed by atoms with E-state index in [1.165, 1.54) is 161 Å². The molecule has 0 fully saturated rings. The summed E-state index contributed by atoms with van der Waals surface area (Å²) in [4.78, 5) is 26.9. The number of carbonyl (C=O) groups is 2. The van der Waals surface area contributed by atoms with Gasteiger partial charge in [0.05, 0.1) is 13.2 Å². The summed E-state index contributed by atoms with van der Waals surface area (Å²) in [7, 11) is 2.27. The second-order valence-electron chi connectivity index (χ2n) is 16.6. The lowest BCUT2D eigenvalue weighted by Crippen LogP contribution is -2.25. The van der Waals surface area contributed by atoms with Crippen LogP contribution < -0.4 is 0 Å². The number of ether oxygens (including phenoxy) is 2. The van der Waals surface area contributed by atoms with Gasteiger partial charge >= 0.3 is 11.9 Å². The molecule has 0 unspecified atom stereocenters. The number of rotatable bonds is 41. The van der Waals surface area contributed by atoms with Gasteiger partial charge in [-0.3, -0.25) is 9.59 Å². The van der Waals surface area contributed by atoms with Crippen molar-refractivity contribution in [2.45, 2.75) is 240 Å². The summed E-state index contributed by atoms with van der Waals surface area (Å²) in [6.07, 6.45) is 38.7. The summed E-state index contributed by atoms with van der Waals surface area (Å²) in [6.45, 7) is 14.9. The van der Waals surface area contributed by atoms with Gasteiger partial charge in [0.25, 0.3) is 0 Å². The quantitative estimate of drug-likeness (QED) is 0.0462. The molecular formula is C47H93NO4. The zero-order valence-corrected chi connectivity index (χ0v) is 36.3. The number of hydrogen-bond donors (Lipinski definition) is 0. The van der Waals surface area contributed by atoms with Crippen molar-refractivity contribution in [3.8, 4) is 0 Å². The molecule has 0 saturated carbocycles. The molecule has 0 spiro atoms. The van der Waals surface area contributed by atoms with Gasteiger partial charge in [-0.2, -0.15) is 0 Å². The molecule has 0 bridgehead atoms. The molecule has 0 amide bonds. The van der Waals surface area contributed by atoms with Crippen molar-refractivity contribution >= 4 is 11.9 Å². The molecule has 0 heterocycles. The lowest BCUT2D eigenvalue weighted by atomic mass is 9.93. The van der Waals surface area contributed by atoms with Crippen LogP contribution in [0.15, 0.2) is 0 Å². The lowest BCUT2D eigenvalue weighted by Gasteiger charge is -2.23. The van der Waals surface area contributed by atoms with Crippen molar-refractivity contribution in [1.29, 1.82) is 0 Å². The fourth-order valence-corrected chi connectivity index (χ4v) is 7.73. The molecule has 5 nitrogen and oxygen atoms in total. The summed E-state index contributed by atoms with van der Waals surface area (Å²) in [5.41, 5.74) is 0. The van der Waals surface area contributed by atoms with Crippen LogP contribution >= 0.6 is 0 Å². The molecule has 0 saturated heterocycles. The van der Waals surface area contributed by atoms with Crippen LogP contribution in [0.1, 0.15) is 240 Å². The van der Waals surface area contributed by atoms with E-state index < -0.39 is 0 Å². The van der Waals surface area contributed by atoms with Crippen LogP contribution in [-0.2, 0) is 19.1 Å². The number of esters is 2. The highest BCUT2D eigenvalue weighted by Gasteiger charge is 2.13. The Bertz CT molecular complexity index is 686. The SMILES string of the molecule is CCCCC(CCCC)CCOC(=O)CCCCCCCCCC(CCCCCCCCCC(=O)OCCC(CCCC)CCCC)CN(C)CC. The molecule has 0 aromatic rings. The number of unbranched alkanes of at least 4 members (excludes halogenated alkanes) is 16. The topological polar surface area (TPSA) is 55.8 Å². The summed E-state index contributed by atoms with van der Waals surface area (Å²) in [6, 6.07) is 0. The molecule has 0 aliphatic carbocycles. The van der Waals surface area contributed by atoms with Gasteiger partial charge < -0.3 is 14.4 Å². The van der Waals surface area contributed by atoms with Crippen LogP contribution in [-0.4, -0.2) is 50.2 Å². The Labute approximate surface area is 326 Å². The van der Waals surface area contributed by atoms with Crippen LogP contribution in [0.2, 0.25) is 0 Å². The maximum atomic E-state index is 12.2. The van der Waals surface area contributed by atoms with Crippen LogP contribution in [0, 0.1) is 17.8 Å². The van der Waals surface area contributed by atoms with E-state index in [-0.39, 0.29) is 11.9 Å². The lowest BCUT2D eigenvalue weighted by molar-refractivity contribution is -0.145. The van der Waals surface area contributed by atoms with E-state index >= 15 is 0 Å². The van der Waals surface area contributed by atoms with Gasteiger partial charge in [0.2, 0.25) is 0 Å². The summed E-state index contributed by atoms with van der Waals surface area (Å²) in [5, 5.41) is 0. The average molecular weight is 736 g/mol. The highest BCUT2D eigenvalue weighted by Crippen LogP contribution is 2.23. The van der Waals surface area contributed by atoms with Gasteiger partial charge in [-0.1, -0.05) is 189 Å². The van der Waals surface area contributed by atoms with E-state index in [4.69, 9.17) is 9.47 Å². The summed E-state index contributed by atoms with van der Waals surface area (Å²) < 4.78 is 11.2. The first-order valence-corrected chi connectivity index (χ1v) is 23.4. The van der Waals surface area contributed by atoms with Gasteiger partial charge in [-0.25, -0.2) is 0 Å². The molecule has 5 heteroatoms. The average Bonchev–Trinajstić information content (AvgIpc) is 3.14. The molecule has 0 atom stereocenters. The molecule has 0 radical (unpaired) electrons. The Kier molecular flexibility index (Phi) is 38.8. The Hall–Kier alpha value is -1.10. The van der Waals surface area contributed by atoms with Crippen LogP contribution in [0.4, 0.5) is 0 Å². The van der Waals surface area contributed by atoms with Crippen LogP contribution in [0.3, 0.4) is 0 Å². The van der Waals surface area contributed by atoms with Crippen LogP contribution in [0.25, 0.3) is 0 Å². The molecular weight excluding hydrogens is 643 g/mol. The molecule has 310 valence electrons. The van der Waals surface area contributed by atoms with E-state index in [9.17, 15) is 9.59 Å². The molecule has 0 aromatic carbocycles. The van der Waals surface area contributed by atoms with E-state index in [1.54, 1.807) is 0 Å². The minimum Gasteiger partial charge on any atom is -0.466 e. The predicted molar refractivity (Wildman–Crippen MR) is 226 cm³/mol. The maximum absolute atomic E-state index is 12.2. The Morgan fingerprint density at radius 1 is 0.404 bits per heavy atom. The molecule has 0 aliphatic heterocycles. The minimum absolute atomic E-state index is 0.0148. The molecule has 0 N–H and O–H groups in total. The first-order valence-electron chi connectivity index (χ1n) is 23.4. The maximum Gasteiger partial charge on any atom is 0.305 e. The standard InChI is InChI=1S/C47H93NO4/c1-7-12-30-43(31-13-8-2)38-40-51-46(49)36-28-24-20-16-18-22-26-34-45(42-48(6)11-5)35-27-23-19-17-21-25-29-37-47(50)52-41-39-44(32-14-9-3)33-15-10-4/h43-45H,7-42H2,1-6H3. The highest BCUT2D eigenvalue weighted by molar-refractivity contribution is 5.69. The normalized spacial score (nSPS) is 11.8. The number of nitrogens with zero attached hydrogens (tertiary/aromatic N) is 1. The molecule has 0 aromatic heterocycles. The smallest absolute Gasteiger partial charge is 0.305 e. The van der Waals surface area contributed by atoms with Crippen molar-refractivity contribution in [1.82, 2.24) is 4.90 Å². The Balaban J connectivity index is 3.90. The molecule has 52 heavy (non-hydrogen) atoms. The zero-order chi connectivity index (χ0) is 38.3. The first-order chi connectivity index (χ1) is 25.4. The van der Waals surface area contributed by atoms with E-state index in [1.807, 2.05) is 0 Å². The fourth-order valence-electron chi connectivity index (χ4n) is 7.73. The van der Waals surface area contributed by atoms with Gasteiger partial charge in [-0.15, -0.1) is 0 Å². The van der Waals surface area contributed by atoms with Crippen molar-refractivity contribution in [3.05, 3.63) is 0 Å². The third-order valence-corrected chi connectivity index (χ3v) is 11.5. The van der Waals surface area contributed by atoms with E-state index in [0.29, 0.717) is 26.1 Å². The van der Waals surface area contributed by atoms with E-state index in [2.05, 4.69) is 46.6 Å². The van der Waals surface area contributed by atoms with Crippen molar-refractivity contribution < 1.29 is 19.1 Å². The molecule has 0 aliphatic rings. The molecule has 0 rings (SSSR count). The Morgan fingerprint density at radius 2 is 0.712 bits per heavy atom. The number of hydrogen-bond acceptors (Lipinski definition) is 5. The van der Waals surface area contributed by atoms with Gasteiger partial charge in [-0.05, 0) is 69.9 Å².